The largest absolute Gasteiger partial charge is 1.00 e. The fourth-order valence-electron chi connectivity index (χ4n) is 3.76. The van der Waals surface area contributed by atoms with Crippen LogP contribution in [0.4, 0.5) is 0 Å². The van der Waals surface area contributed by atoms with Gasteiger partial charge in [0.25, 0.3) is 0 Å². The van der Waals surface area contributed by atoms with E-state index in [1.165, 1.54) is 26.8 Å². The second-order valence-electron chi connectivity index (χ2n) is 6.46. The lowest BCUT2D eigenvalue weighted by atomic mass is 10.2. The Morgan fingerprint density at radius 3 is 1.15 bits per heavy atom. The zero-order chi connectivity index (χ0) is 17.8. The minimum atomic E-state index is -1.94. The average molecular weight is 433 g/mol. The monoisotopic (exact) mass is 432 g/mol. The van der Waals surface area contributed by atoms with E-state index in [-0.39, 0.29) is 17.0 Å². The van der Waals surface area contributed by atoms with Gasteiger partial charge in [-0.15, -0.1) is 0 Å². The first-order valence-electron chi connectivity index (χ1n) is 8.95. The normalized spacial score (nSPS) is 10.9. The van der Waals surface area contributed by atoms with Gasteiger partial charge in [-0.2, -0.15) is 0 Å². The highest BCUT2D eigenvalue weighted by atomic mass is 79.9. The van der Waals surface area contributed by atoms with E-state index >= 15 is 0 Å². The predicted octanol–water partition coefficient (Wildman–Crippen LogP) is 1.62. The van der Waals surface area contributed by atoms with Crippen molar-refractivity contribution < 1.29 is 17.0 Å². The van der Waals surface area contributed by atoms with Crippen molar-refractivity contribution in [3.63, 3.8) is 0 Å². The molecule has 0 aliphatic heterocycles. The van der Waals surface area contributed by atoms with Gasteiger partial charge in [-0.25, -0.2) is 0 Å². The summed E-state index contributed by atoms with van der Waals surface area (Å²) in [6, 6.07) is 41.9. The van der Waals surface area contributed by atoms with Crippen LogP contribution in [0.2, 0.25) is 0 Å². The predicted molar refractivity (Wildman–Crippen MR) is 116 cm³/mol. The molecule has 0 spiro atoms. The molecule has 0 bridgehead atoms. The molecule has 0 aliphatic carbocycles. The van der Waals surface area contributed by atoms with Crippen molar-refractivity contribution in [1.29, 1.82) is 0 Å². The molecule has 0 nitrogen and oxygen atoms in total. The molecule has 0 saturated carbocycles. The highest BCUT2D eigenvalue weighted by Crippen LogP contribution is 2.54. The number of hydrogen-bond donors (Lipinski definition) is 0. The van der Waals surface area contributed by atoms with Gasteiger partial charge in [0.2, 0.25) is 0 Å². The van der Waals surface area contributed by atoms with Gasteiger partial charge in [-0.3, -0.25) is 0 Å². The maximum atomic E-state index is 2.32. The molecule has 4 aromatic rings. The Balaban J connectivity index is 0.00000210. The Morgan fingerprint density at radius 2 is 0.778 bits per heavy atom. The van der Waals surface area contributed by atoms with Crippen LogP contribution in [0.15, 0.2) is 115 Å². The molecular formula is C25H22BrP. The maximum absolute atomic E-state index is 2.32. The molecule has 4 rings (SSSR count). The summed E-state index contributed by atoms with van der Waals surface area (Å²) in [5.74, 6) is 0. The second-order valence-corrected chi connectivity index (χ2v) is 9.84. The fraction of sp³-hybridized carbons (Fsp3) is 0.0400. The minimum absolute atomic E-state index is 0. The van der Waals surface area contributed by atoms with Crippen molar-refractivity contribution in [2.45, 2.75) is 6.92 Å². The molecule has 0 saturated heterocycles. The summed E-state index contributed by atoms with van der Waals surface area (Å²) in [5.41, 5.74) is 1.34. The van der Waals surface area contributed by atoms with Crippen molar-refractivity contribution in [2.75, 3.05) is 0 Å². The Kier molecular flexibility index (Phi) is 6.26. The first kappa shape index (κ1) is 19.5. The number of benzene rings is 4. The first-order valence-corrected chi connectivity index (χ1v) is 10.7. The van der Waals surface area contributed by atoms with Crippen LogP contribution in [0.5, 0.6) is 0 Å². The van der Waals surface area contributed by atoms with Crippen LogP contribution >= 0.6 is 7.26 Å². The standard InChI is InChI=1S/C25H22P.BrH/c1-21-13-11-12-20-25(21)26(22-14-5-2-6-15-22,23-16-7-3-8-17-23)24-18-9-4-10-19-24;/h2-20H,1H3;1H/q+1;/p-1. The topological polar surface area (TPSA) is 0 Å². The molecule has 0 radical (unpaired) electrons. The molecule has 0 unspecified atom stereocenters. The zero-order valence-electron chi connectivity index (χ0n) is 15.3. The molecule has 2 heteroatoms. The molecule has 27 heavy (non-hydrogen) atoms. The van der Waals surface area contributed by atoms with Gasteiger partial charge in [-0.05, 0) is 55.0 Å². The van der Waals surface area contributed by atoms with Gasteiger partial charge in [0.15, 0.2) is 0 Å². The smallest absolute Gasteiger partial charge is 0.144 e. The van der Waals surface area contributed by atoms with Crippen LogP contribution in [0.25, 0.3) is 0 Å². The van der Waals surface area contributed by atoms with Gasteiger partial charge >= 0.3 is 0 Å². The average Bonchev–Trinajstić information content (AvgIpc) is 2.72. The molecule has 0 aromatic heterocycles. The number of aryl methyl sites for hydroxylation is 1. The van der Waals surface area contributed by atoms with Gasteiger partial charge < -0.3 is 17.0 Å². The van der Waals surface area contributed by atoms with Crippen molar-refractivity contribution in [3.8, 4) is 0 Å². The van der Waals surface area contributed by atoms with Crippen LogP contribution < -0.4 is 38.2 Å². The van der Waals surface area contributed by atoms with Gasteiger partial charge in [0.1, 0.15) is 28.5 Å². The van der Waals surface area contributed by atoms with Gasteiger partial charge in [-0.1, -0.05) is 72.8 Å². The Morgan fingerprint density at radius 1 is 0.444 bits per heavy atom. The van der Waals surface area contributed by atoms with Crippen molar-refractivity contribution in [1.82, 2.24) is 0 Å². The summed E-state index contributed by atoms with van der Waals surface area (Å²) in [7, 11) is -1.94. The summed E-state index contributed by atoms with van der Waals surface area (Å²) >= 11 is 0. The highest BCUT2D eigenvalue weighted by Gasteiger charge is 2.48. The van der Waals surface area contributed by atoms with E-state index in [4.69, 9.17) is 0 Å². The third-order valence-corrected chi connectivity index (χ3v) is 9.35. The molecule has 134 valence electrons. The van der Waals surface area contributed by atoms with E-state index < -0.39 is 7.26 Å². The van der Waals surface area contributed by atoms with Crippen LogP contribution in [-0.4, -0.2) is 0 Å². The molecule has 0 fully saturated rings. The van der Waals surface area contributed by atoms with Gasteiger partial charge in [0, 0.05) is 0 Å². The Bertz CT molecular complexity index is 886. The zero-order valence-corrected chi connectivity index (χ0v) is 17.8. The minimum Gasteiger partial charge on any atom is -1.00 e. The van der Waals surface area contributed by atoms with Gasteiger partial charge in [0.05, 0.1) is 0 Å². The summed E-state index contributed by atoms with van der Waals surface area (Å²) in [5, 5.41) is 5.62. The third kappa shape index (κ3) is 3.50. The third-order valence-electron chi connectivity index (χ3n) is 4.91. The summed E-state index contributed by atoms with van der Waals surface area (Å²) in [6.07, 6.45) is 0. The van der Waals surface area contributed by atoms with Crippen LogP contribution in [0.3, 0.4) is 0 Å². The summed E-state index contributed by atoms with van der Waals surface area (Å²) < 4.78 is 0. The molecular weight excluding hydrogens is 411 g/mol. The van der Waals surface area contributed by atoms with E-state index in [0.29, 0.717) is 0 Å². The first-order chi connectivity index (χ1) is 12.8. The molecule has 4 aromatic carbocycles. The Labute approximate surface area is 173 Å². The molecule has 0 N–H and O–H groups in total. The Hall–Kier alpha value is -2.21. The number of hydrogen-bond acceptors (Lipinski definition) is 0. The number of halogens is 1. The summed E-state index contributed by atoms with van der Waals surface area (Å²) in [4.78, 5) is 0. The SMILES string of the molecule is Cc1ccccc1[P+](c1ccccc1)(c1ccccc1)c1ccccc1.[Br-]. The molecule has 0 atom stereocenters. The van der Waals surface area contributed by atoms with Crippen molar-refractivity contribution in [3.05, 3.63) is 121 Å². The lowest BCUT2D eigenvalue weighted by Gasteiger charge is -2.28. The van der Waals surface area contributed by atoms with Crippen molar-refractivity contribution >= 4 is 28.5 Å². The lowest BCUT2D eigenvalue weighted by molar-refractivity contribution is -0.00000501. The van der Waals surface area contributed by atoms with E-state index in [9.17, 15) is 0 Å². The van der Waals surface area contributed by atoms with Crippen LogP contribution in [-0.2, 0) is 0 Å². The maximum Gasteiger partial charge on any atom is 0.144 e. The lowest BCUT2D eigenvalue weighted by Crippen LogP contribution is -3.00. The quantitative estimate of drug-likeness (QED) is 0.430. The van der Waals surface area contributed by atoms with Crippen molar-refractivity contribution in [2.24, 2.45) is 0 Å². The fourth-order valence-corrected chi connectivity index (χ4v) is 8.26. The second kappa shape index (κ2) is 8.65. The van der Waals surface area contributed by atoms with E-state index in [2.05, 4.69) is 122 Å². The van der Waals surface area contributed by atoms with Crippen LogP contribution in [0.1, 0.15) is 5.56 Å². The molecule has 0 aliphatic rings. The molecule has 0 heterocycles. The summed E-state index contributed by atoms with van der Waals surface area (Å²) in [6.45, 7) is 2.24. The number of rotatable bonds is 4. The van der Waals surface area contributed by atoms with Crippen LogP contribution in [0, 0.1) is 6.92 Å². The van der Waals surface area contributed by atoms with E-state index in [0.717, 1.165) is 0 Å². The van der Waals surface area contributed by atoms with E-state index in [1.807, 2.05) is 0 Å². The van der Waals surface area contributed by atoms with E-state index in [1.54, 1.807) is 0 Å². The highest BCUT2D eigenvalue weighted by molar-refractivity contribution is 8.01. The molecule has 0 amide bonds.